The highest BCUT2D eigenvalue weighted by atomic mass is 32.2. The van der Waals surface area contributed by atoms with Crippen molar-refractivity contribution in [1.29, 1.82) is 0 Å². The van der Waals surface area contributed by atoms with Crippen LogP contribution >= 0.6 is 0 Å². The smallest absolute Gasteiger partial charge is 0.255 e. The van der Waals surface area contributed by atoms with E-state index in [1.165, 1.54) is 30.3 Å². The molecule has 0 heterocycles. The van der Waals surface area contributed by atoms with E-state index in [2.05, 4.69) is 4.72 Å². The molecule has 0 bridgehead atoms. The molecule has 0 aliphatic carbocycles. The number of benzene rings is 2. The maximum atomic E-state index is 12.0. The number of sulfonamides is 2. The Balaban J connectivity index is 2.07. The normalized spacial score (nSPS) is 12.4. The van der Waals surface area contributed by atoms with Crippen LogP contribution < -0.4 is 9.86 Å². The molecule has 2 aromatic carbocycles. The third-order valence-electron chi connectivity index (χ3n) is 2.82. The third-order valence-corrected chi connectivity index (χ3v) is 4.57. The SMILES string of the molecule is NS(=O)(=O)Cc1ccc(NS(=O)(=O)/C=C/c2ccccc2)cc1. The van der Waals surface area contributed by atoms with Crippen molar-refractivity contribution in [3.8, 4) is 0 Å². The molecule has 0 fully saturated rings. The van der Waals surface area contributed by atoms with Gasteiger partial charge >= 0.3 is 0 Å². The number of hydrogen-bond donors (Lipinski definition) is 2. The third kappa shape index (κ3) is 6.23. The fourth-order valence-corrected chi connectivity index (χ4v) is 3.36. The van der Waals surface area contributed by atoms with Crippen molar-refractivity contribution in [1.82, 2.24) is 0 Å². The van der Waals surface area contributed by atoms with E-state index in [9.17, 15) is 16.8 Å². The van der Waals surface area contributed by atoms with Crippen molar-refractivity contribution in [3.05, 3.63) is 71.1 Å². The minimum atomic E-state index is -3.65. The zero-order valence-corrected chi connectivity index (χ0v) is 13.7. The Morgan fingerprint density at radius 3 is 2.09 bits per heavy atom. The topological polar surface area (TPSA) is 106 Å². The first-order chi connectivity index (χ1) is 10.7. The number of primary sulfonamides is 1. The molecule has 0 radical (unpaired) electrons. The van der Waals surface area contributed by atoms with Gasteiger partial charge in [-0.05, 0) is 29.3 Å². The summed E-state index contributed by atoms with van der Waals surface area (Å²) < 4.78 is 48.3. The molecule has 0 aliphatic rings. The summed E-state index contributed by atoms with van der Waals surface area (Å²) in [6.45, 7) is 0. The van der Waals surface area contributed by atoms with Gasteiger partial charge in [-0.1, -0.05) is 42.5 Å². The molecule has 0 saturated heterocycles. The summed E-state index contributed by atoms with van der Waals surface area (Å²) in [6.07, 6.45) is 1.48. The van der Waals surface area contributed by atoms with Gasteiger partial charge in [0, 0.05) is 5.69 Å². The Bertz CT molecular complexity index is 888. The summed E-state index contributed by atoms with van der Waals surface area (Å²) in [6, 6.07) is 15.0. The van der Waals surface area contributed by atoms with Crippen molar-refractivity contribution in [3.63, 3.8) is 0 Å². The van der Waals surface area contributed by atoms with Gasteiger partial charge in [0.25, 0.3) is 10.0 Å². The zero-order valence-electron chi connectivity index (χ0n) is 12.1. The minimum Gasteiger partial charge on any atom is -0.280 e. The first kappa shape index (κ1) is 17.2. The van der Waals surface area contributed by atoms with Gasteiger partial charge in [-0.2, -0.15) is 0 Å². The van der Waals surface area contributed by atoms with Crippen molar-refractivity contribution in [2.45, 2.75) is 5.75 Å². The Labute approximate surface area is 135 Å². The largest absolute Gasteiger partial charge is 0.280 e. The molecule has 0 amide bonds. The van der Waals surface area contributed by atoms with E-state index in [0.29, 0.717) is 11.3 Å². The van der Waals surface area contributed by atoms with Crippen LogP contribution in [0.15, 0.2) is 60.0 Å². The molecule has 23 heavy (non-hydrogen) atoms. The number of hydrogen-bond acceptors (Lipinski definition) is 4. The van der Waals surface area contributed by atoms with Crippen LogP contribution in [-0.4, -0.2) is 16.8 Å². The average molecular weight is 352 g/mol. The predicted octanol–water partition coefficient (Wildman–Crippen LogP) is 1.89. The fraction of sp³-hybridized carbons (Fsp3) is 0.0667. The Kier molecular flexibility index (Phi) is 5.19. The van der Waals surface area contributed by atoms with E-state index < -0.39 is 20.0 Å². The van der Waals surface area contributed by atoms with Crippen molar-refractivity contribution >= 4 is 31.8 Å². The van der Waals surface area contributed by atoms with Crippen LogP contribution in [0.2, 0.25) is 0 Å². The molecule has 0 unspecified atom stereocenters. The lowest BCUT2D eigenvalue weighted by Crippen LogP contribution is -2.14. The van der Waals surface area contributed by atoms with Crippen molar-refractivity contribution in [2.24, 2.45) is 5.14 Å². The van der Waals surface area contributed by atoms with Gasteiger partial charge in [-0.15, -0.1) is 0 Å². The van der Waals surface area contributed by atoms with E-state index in [4.69, 9.17) is 5.14 Å². The van der Waals surface area contributed by atoms with Crippen LogP contribution in [0.4, 0.5) is 5.69 Å². The first-order valence-corrected chi connectivity index (χ1v) is 9.85. The minimum absolute atomic E-state index is 0.298. The second kappa shape index (κ2) is 6.95. The highest BCUT2D eigenvalue weighted by Crippen LogP contribution is 2.14. The van der Waals surface area contributed by atoms with E-state index in [0.717, 1.165) is 11.0 Å². The predicted molar refractivity (Wildman–Crippen MR) is 91.3 cm³/mol. The summed E-state index contributed by atoms with van der Waals surface area (Å²) >= 11 is 0. The summed E-state index contributed by atoms with van der Waals surface area (Å²) in [7, 11) is -7.27. The Hall–Kier alpha value is -2.16. The molecule has 6 nitrogen and oxygen atoms in total. The lowest BCUT2D eigenvalue weighted by Gasteiger charge is -2.05. The molecule has 8 heteroatoms. The fourth-order valence-electron chi connectivity index (χ4n) is 1.83. The maximum absolute atomic E-state index is 12.0. The number of nitrogens with one attached hydrogen (secondary N) is 1. The summed E-state index contributed by atoms with van der Waals surface area (Å²) in [5, 5.41) is 6.02. The van der Waals surface area contributed by atoms with Gasteiger partial charge < -0.3 is 0 Å². The molecule has 0 aromatic heterocycles. The van der Waals surface area contributed by atoms with Gasteiger partial charge in [0.05, 0.1) is 11.2 Å². The van der Waals surface area contributed by atoms with Crippen LogP contribution in [0.3, 0.4) is 0 Å². The van der Waals surface area contributed by atoms with Crippen LogP contribution in [0.5, 0.6) is 0 Å². The molecule has 0 aliphatic heterocycles. The van der Waals surface area contributed by atoms with E-state index >= 15 is 0 Å². The van der Waals surface area contributed by atoms with Crippen LogP contribution in [0.25, 0.3) is 6.08 Å². The highest BCUT2D eigenvalue weighted by Gasteiger charge is 2.08. The van der Waals surface area contributed by atoms with Crippen LogP contribution in [0, 0.1) is 0 Å². The molecule has 0 saturated carbocycles. The molecule has 0 spiro atoms. The number of nitrogens with two attached hydrogens (primary N) is 1. The summed E-state index contributed by atoms with van der Waals surface area (Å²) in [5.74, 6) is -0.298. The molecular formula is C15H16N2O4S2. The second-order valence-corrected chi connectivity index (χ2v) is 8.05. The summed E-state index contributed by atoms with van der Waals surface area (Å²) in [5.41, 5.74) is 1.58. The van der Waals surface area contributed by atoms with Gasteiger partial charge in [0.2, 0.25) is 10.0 Å². The Morgan fingerprint density at radius 2 is 1.52 bits per heavy atom. The molecule has 2 aromatic rings. The van der Waals surface area contributed by atoms with Gasteiger partial charge in [0.15, 0.2) is 0 Å². The zero-order chi connectivity index (χ0) is 16.9. The lowest BCUT2D eigenvalue weighted by molar-refractivity contribution is 0.596. The standard InChI is InChI=1S/C15H16N2O4S2/c16-22(18,19)12-14-6-8-15(9-7-14)17-23(20,21)11-10-13-4-2-1-3-5-13/h1-11,17H,12H2,(H2,16,18,19)/b11-10+. The van der Waals surface area contributed by atoms with Crippen LogP contribution in [-0.2, 0) is 25.8 Å². The van der Waals surface area contributed by atoms with Gasteiger partial charge in [-0.3, -0.25) is 4.72 Å². The average Bonchev–Trinajstić information content (AvgIpc) is 2.47. The van der Waals surface area contributed by atoms with Crippen LogP contribution in [0.1, 0.15) is 11.1 Å². The quantitative estimate of drug-likeness (QED) is 0.828. The van der Waals surface area contributed by atoms with Gasteiger partial charge in [0.1, 0.15) is 0 Å². The lowest BCUT2D eigenvalue weighted by atomic mass is 10.2. The van der Waals surface area contributed by atoms with E-state index in [1.54, 1.807) is 12.1 Å². The van der Waals surface area contributed by atoms with Crippen molar-refractivity contribution < 1.29 is 16.8 Å². The maximum Gasteiger partial charge on any atom is 0.255 e. The van der Waals surface area contributed by atoms with E-state index in [-0.39, 0.29) is 5.75 Å². The highest BCUT2D eigenvalue weighted by molar-refractivity contribution is 7.95. The Morgan fingerprint density at radius 1 is 0.913 bits per heavy atom. The first-order valence-electron chi connectivity index (χ1n) is 6.59. The molecule has 3 N–H and O–H groups in total. The van der Waals surface area contributed by atoms with Gasteiger partial charge in [-0.25, -0.2) is 22.0 Å². The van der Waals surface area contributed by atoms with Crippen molar-refractivity contribution in [2.75, 3.05) is 4.72 Å². The molecular weight excluding hydrogens is 336 g/mol. The molecule has 122 valence electrons. The van der Waals surface area contributed by atoms with E-state index in [1.807, 2.05) is 18.2 Å². The number of anilines is 1. The molecule has 0 atom stereocenters. The molecule has 2 rings (SSSR count). The monoisotopic (exact) mass is 352 g/mol. The summed E-state index contributed by atoms with van der Waals surface area (Å²) in [4.78, 5) is 0. The second-order valence-electron chi connectivity index (χ2n) is 4.86. The number of rotatable bonds is 6.